The lowest BCUT2D eigenvalue weighted by Gasteiger charge is -2.34. The van der Waals surface area contributed by atoms with Crippen molar-refractivity contribution in [3.8, 4) is 0 Å². The van der Waals surface area contributed by atoms with Crippen LogP contribution < -0.4 is 4.72 Å². The molecule has 130 valence electrons. The molecule has 1 aromatic heterocycles. The first-order chi connectivity index (χ1) is 11.3. The van der Waals surface area contributed by atoms with Crippen LogP contribution in [0.3, 0.4) is 0 Å². The maximum Gasteiger partial charge on any atom is 0.208 e. The van der Waals surface area contributed by atoms with Crippen LogP contribution in [0, 0.1) is 13.8 Å². The van der Waals surface area contributed by atoms with Crippen molar-refractivity contribution in [2.75, 3.05) is 19.3 Å². The van der Waals surface area contributed by atoms with Crippen LogP contribution in [0.25, 0.3) is 0 Å². The first-order valence-electron chi connectivity index (χ1n) is 8.07. The predicted molar refractivity (Wildman–Crippen MR) is 94.1 cm³/mol. The van der Waals surface area contributed by atoms with Gasteiger partial charge in [-0.2, -0.15) is 5.10 Å². The fourth-order valence-corrected chi connectivity index (χ4v) is 3.90. The molecule has 1 aromatic carbocycles. The zero-order chi connectivity index (χ0) is 17.3. The highest BCUT2D eigenvalue weighted by molar-refractivity contribution is 7.88. The maximum absolute atomic E-state index is 11.4. The second-order valence-electron chi connectivity index (χ2n) is 6.71. The summed E-state index contributed by atoms with van der Waals surface area (Å²) in [6.07, 6.45) is 2.97. The Morgan fingerprint density at radius 2 is 1.96 bits per heavy atom. The first-order valence-corrected chi connectivity index (χ1v) is 9.96. The van der Waals surface area contributed by atoms with Crippen molar-refractivity contribution in [1.82, 2.24) is 19.4 Å². The molecule has 1 N–H and O–H groups in total. The molecule has 0 unspecified atom stereocenters. The lowest BCUT2D eigenvalue weighted by molar-refractivity contribution is 0.168. The molecule has 0 radical (unpaired) electrons. The Balaban J connectivity index is 1.76. The zero-order valence-electron chi connectivity index (χ0n) is 14.4. The van der Waals surface area contributed by atoms with Crippen LogP contribution in [0.1, 0.15) is 28.4 Å². The van der Waals surface area contributed by atoms with E-state index in [-0.39, 0.29) is 6.04 Å². The van der Waals surface area contributed by atoms with Gasteiger partial charge < -0.3 is 0 Å². The standard InChI is InChI=1S/C17H24N4O2S/c1-13-6-14(2)8-15(7-13)10-20-11-16-4-5-18-21(16)17(12-20)9-19-24(3,22)23/h4-8,17,19H,9-12H2,1-3H3/t17-/m0/s1. The van der Waals surface area contributed by atoms with Gasteiger partial charge >= 0.3 is 0 Å². The number of rotatable bonds is 5. The first kappa shape index (κ1) is 17.1. The van der Waals surface area contributed by atoms with Gasteiger partial charge in [-0.15, -0.1) is 0 Å². The van der Waals surface area contributed by atoms with E-state index in [2.05, 4.69) is 46.8 Å². The Kier molecular flexibility index (Phi) is 4.76. The summed E-state index contributed by atoms with van der Waals surface area (Å²) in [5, 5.41) is 4.36. The van der Waals surface area contributed by atoms with Crippen LogP contribution >= 0.6 is 0 Å². The van der Waals surface area contributed by atoms with Crippen molar-refractivity contribution < 1.29 is 8.42 Å². The van der Waals surface area contributed by atoms with E-state index in [1.54, 1.807) is 6.20 Å². The van der Waals surface area contributed by atoms with E-state index >= 15 is 0 Å². The number of sulfonamides is 1. The third-order valence-electron chi connectivity index (χ3n) is 4.22. The number of hydrogen-bond donors (Lipinski definition) is 1. The van der Waals surface area contributed by atoms with Gasteiger partial charge in [0.25, 0.3) is 0 Å². The minimum Gasteiger partial charge on any atom is -0.291 e. The average molecular weight is 348 g/mol. The number of hydrogen-bond acceptors (Lipinski definition) is 4. The van der Waals surface area contributed by atoms with E-state index in [1.165, 1.54) is 22.9 Å². The Labute approximate surface area is 143 Å². The van der Waals surface area contributed by atoms with E-state index in [0.29, 0.717) is 6.54 Å². The molecule has 0 fully saturated rings. The van der Waals surface area contributed by atoms with Gasteiger partial charge in [0, 0.05) is 32.4 Å². The van der Waals surface area contributed by atoms with E-state index in [1.807, 2.05) is 10.7 Å². The Bertz CT molecular complexity index is 809. The number of aryl methyl sites for hydroxylation is 2. The number of benzene rings is 1. The normalized spacial score (nSPS) is 18.5. The molecule has 0 amide bonds. The van der Waals surface area contributed by atoms with Gasteiger partial charge in [0.15, 0.2) is 0 Å². The molecule has 0 bridgehead atoms. The van der Waals surface area contributed by atoms with Crippen molar-refractivity contribution >= 4 is 10.0 Å². The van der Waals surface area contributed by atoms with Crippen LogP contribution in [0.5, 0.6) is 0 Å². The topological polar surface area (TPSA) is 67.2 Å². The third-order valence-corrected chi connectivity index (χ3v) is 4.91. The minimum atomic E-state index is -3.21. The van der Waals surface area contributed by atoms with Gasteiger partial charge in [-0.25, -0.2) is 13.1 Å². The number of fused-ring (bicyclic) bond motifs is 1. The van der Waals surface area contributed by atoms with Crippen LogP contribution in [0.2, 0.25) is 0 Å². The SMILES string of the molecule is Cc1cc(C)cc(CN2Cc3ccnn3[C@@H](CNS(C)(=O)=O)C2)c1. The fraction of sp³-hybridized carbons (Fsp3) is 0.471. The molecule has 1 atom stereocenters. The van der Waals surface area contributed by atoms with Crippen molar-refractivity contribution in [2.45, 2.75) is 33.0 Å². The van der Waals surface area contributed by atoms with Gasteiger partial charge in [-0.3, -0.25) is 9.58 Å². The van der Waals surface area contributed by atoms with Crippen LogP contribution in [0.15, 0.2) is 30.5 Å². The molecular formula is C17H24N4O2S. The fourth-order valence-electron chi connectivity index (χ4n) is 3.40. The Morgan fingerprint density at radius 3 is 2.62 bits per heavy atom. The van der Waals surface area contributed by atoms with Gasteiger partial charge in [0.05, 0.1) is 18.0 Å². The average Bonchev–Trinajstić information content (AvgIpc) is 2.91. The Hall–Kier alpha value is -1.70. The number of nitrogens with zero attached hydrogens (tertiary/aromatic N) is 3. The largest absolute Gasteiger partial charge is 0.291 e. The molecule has 1 aliphatic rings. The highest BCUT2D eigenvalue weighted by Crippen LogP contribution is 2.22. The third kappa shape index (κ3) is 4.23. The van der Waals surface area contributed by atoms with Gasteiger partial charge in [-0.05, 0) is 25.5 Å². The van der Waals surface area contributed by atoms with Crippen molar-refractivity contribution in [3.05, 3.63) is 52.8 Å². The highest BCUT2D eigenvalue weighted by Gasteiger charge is 2.26. The molecule has 7 heteroatoms. The van der Waals surface area contributed by atoms with Gasteiger partial charge in [0.1, 0.15) is 0 Å². The molecule has 2 aromatic rings. The second kappa shape index (κ2) is 6.66. The molecule has 6 nitrogen and oxygen atoms in total. The molecule has 2 heterocycles. The Morgan fingerprint density at radius 1 is 1.25 bits per heavy atom. The molecule has 0 aliphatic carbocycles. The van der Waals surface area contributed by atoms with Crippen molar-refractivity contribution in [1.29, 1.82) is 0 Å². The number of aromatic nitrogens is 2. The monoisotopic (exact) mass is 348 g/mol. The highest BCUT2D eigenvalue weighted by atomic mass is 32.2. The summed E-state index contributed by atoms with van der Waals surface area (Å²) in [4.78, 5) is 2.35. The van der Waals surface area contributed by atoms with E-state index < -0.39 is 10.0 Å². The van der Waals surface area contributed by atoms with Crippen molar-refractivity contribution in [2.24, 2.45) is 0 Å². The summed E-state index contributed by atoms with van der Waals surface area (Å²) in [7, 11) is -3.21. The number of nitrogens with one attached hydrogen (secondary N) is 1. The summed E-state index contributed by atoms with van der Waals surface area (Å²) in [6.45, 7) is 7.02. The maximum atomic E-state index is 11.4. The van der Waals surface area contributed by atoms with Crippen LogP contribution in [0.4, 0.5) is 0 Å². The smallest absolute Gasteiger partial charge is 0.208 e. The van der Waals surface area contributed by atoms with Gasteiger partial charge in [0.2, 0.25) is 10.0 Å². The van der Waals surface area contributed by atoms with Gasteiger partial charge in [-0.1, -0.05) is 29.3 Å². The lowest BCUT2D eigenvalue weighted by Crippen LogP contribution is -2.42. The predicted octanol–water partition coefficient (Wildman–Crippen LogP) is 1.61. The summed E-state index contributed by atoms with van der Waals surface area (Å²) in [5.41, 5.74) is 4.94. The molecule has 0 saturated heterocycles. The minimum absolute atomic E-state index is 0.00406. The molecule has 3 rings (SSSR count). The summed E-state index contributed by atoms with van der Waals surface area (Å²) < 4.78 is 27.4. The second-order valence-corrected chi connectivity index (χ2v) is 8.54. The summed E-state index contributed by atoms with van der Waals surface area (Å²) in [6, 6.07) is 8.60. The summed E-state index contributed by atoms with van der Waals surface area (Å²) >= 11 is 0. The molecular weight excluding hydrogens is 324 g/mol. The lowest BCUT2D eigenvalue weighted by atomic mass is 10.1. The molecule has 0 saturated carbocycles. The molecule has 1 aliphatic heterocycles. The van der Waals surface area contributed by atoms with E-state index in [4.69, 9.17) is 0 Å². The zero-order valence-corrected chi connectivity index (χ0v) is 15.2. The van der Waals surface area contributed by atoms with Crippen LogP contribution in [-0.2, 0) is 23.1 Å². The quantitative estimate of drug-likeness (QED) is 0.891. The van der Waals surface area contributed by atoms with E-state index in [0.717, 1.165) is 25.3 Å². The molecule has 24 heavy (non-hydrogen) atoms. The van der Waals surface area contributed by atoms with E-state index in [9.17, 15) is 8.42 Å². The molecule has 0 spiro atoms. The van der Waals surface area contributed by atoms with Crippen molar-refractivity contribution in [3.63, 3.8) is 0 Å². The summed E-state index contributed by atoms with van der Waals surface area (Å²) in [5.74, 6) is 0. The van der Waals surface area contributed by atoms with Crippen LogP contribution in [-0.4, -0.2) is 42.4 Å².